The Morgan fingerprint density at radius 1 is 1.67 bits per heavy atom. The summed E-state index contributed by atoms with van der Waals surface area (Å²) in [5.74, 6) is 0.330. The van der Waals surface area contributed by atoms with E-state index in [1.54, 1.807) is 19.1 Å². The molecule has 1 aromatic rings. The van der Waals surface area contributed by atoms with Crippen LogP contribution in [0.2, 0.25) is 0 Å². The van der Waals surface area contributed by atoms with Crippen LogP contribution < -0.4 is 5.73 Å². The van der Waals surface area contributed by atoms with Crippen molar-refractivity contribution in [3.63, 3.8) is 0 Å². The maximum atomic E-state index is 10.6. The van der Waals surface area contributed by atoms with Gasteiger partial charge in [-0.1, -0.05) is 6.07 Å². The third kappa shape index (κ3) is 2.92. The number of amidine groups is 1. The second-order valence-corrected chi connectivity index (χ2v) is 3.23. The smallest absolute Gasteiger partial charge is 0.274 e. The summed E-state index contributed by atoms with van der Waals surface area (Å²) in [5.41, 5.74) is 6.47. The molecular weight excluding hydrogens is 218 g/mol. The molecule has 1 rings (SSSR count). The largest absolute Gasteiger partial charge is 0.386 e. The zero-order valence-electron chi connectivity index (χ0n) is 8.11. The molecule has 0 aliphatic rings. The fraction of sp³-hybridized carbons (Fsp3) is 0.222. The molecule has 0 spiro atoms. The quantitative estimate of drug-likeness (QED) is 0.282. The van der Waals surface area contributed by atoms with Crippen LogP contribution in [0.1, 0.15) is 5.56 Å². The zero-order chi connectivity index (χ0) is 11.4. The lowest BCUT2D eigenvalue weighted by atomic mass is 10.2. The van der Waals surface area contributed by atoms with Crippen LogP contribution in [-0.4, -0.2) is 16.6 Å². The molecule has 2 N–H and O–H groups in total. The number of nitrogens with two attached hydrogens (primary N) is 1. The van der Waals surface area contributed by atoms with Crippen LogP contribution in [0.3, 0.4) is 0 Å². The summed E-state index contributed by atoms with van der Waals surface area (Å²) in [6.07, 6.45) is 0. The Hall–Kier alpha value is -1.62. The maximum Gasteiger partial charge on any atom is 0.274 e. The minimum absolute atomic E-state index is 0.0265. The first-order valence-electron chi connectivity index (χ1n) is 4.18. The molecule has 0 saturated carbocycles. The summed E-state index contributed by atoms with van der Waals surface area (Å²) < 4.78 is 0. The van der Waals surface area contributed by atoms with E-state index in [-0.39, 0.29) is 17.4 Å². The van der Waals surface area contributed by atoms with Crippen LogP contribution >= 0.6 is 11.6 Å². The van der Waals surface area contributed by atoms with Gasteiger partial charge in [0, 0.05) is 11.6 Å². The number of rotatable bonds is 3. The van der Waals surface area contributed by atoms with E-state index in [2.05, 4.69) is 4.99 Å². The Kier molecular flexibility index (Phi) is 3.62. The Morgan fingerprint density at radius 3 is 2.87 bits per heavy atom. The summed E-state index contributed by atoms with van der Waals surface area (Å²) in [6.45, 7) is 1.66. The highest BCUT2D eigenvalue weighted by Crippen LogP contribution is 2.24. The van der Waals surface area contributed by atoms with Crippen molar-refractivity contribution in [3.8, 4) is 0 Å². The lowest BCUT2D eigenvalue weighted by molar-refractivity contribution is -0.385. The van der Waals surface area contributed by atoms with Gasteiger partial charge in [0.25, 0.3) is 5.69 Å². The number of nitrogens with zero attached hydrogens (tertiary/aromatic N) is 2. The van der Waals surface area contributed by atoms with Crippen LogP contribution in [0.15, 0.2) is 23.2 Å². The topological polar surface area (TPSA) is 81.5 Å². The SMILES string of the molecule is Cc1ccc(N=C(N)CCl)cc1[N+](=O)[O-]. The van der Waals surface area contributed by atoms with Gasteiger partial charge in [-0.15, -0.1) is 11.6 Å². The van der Waals surface area contributed by atoms with Gasteiger partial charge in [-0.3, -0.25) is 10.1 Å². The van der Waals surface area contributed by atoms with E-state index >= 15 is 0 Å². The van der Waals surface area contributed by atoms with Crippen molar-refractivity contribution < 1.29 is 4.92 Å². The first kappa shape index (κ1) is 11.5. The molecule has 0 aliphatic carbocycles. The molecular formula is C9H10ClN3O2. The fourth-order valence-electron chi connectivity index (χ4n) is 1.06. The standard InChI is InChI=1S/C9H10ClN3O2/c1-6-2-3-7(12-9(11)5-10)4-8(6)13(14)15/h2-4H,5H2,1H3,(H2,11,12). The molecule has 0 atom stereocenters. The normalized spacial score (nSPS) is 11.5. The Labute approximate surface area is 91.7 Å². The van der Waals surface area contributed by atoms with Crippen LogP contribution in [0.5, 0.6) is 0 Å². The summed E-state index contributed by atoms with van der Waals surface area (Å²) in [5, 5.41) is 10.6. The van der Waals surface area contributed by atoms with Crippen molar-refractivity contribution in [2.24, 2.45) is 10.7 Å². The van der Waals surface area contributed by atoms with Crippen LogP contribution in [0, 0.1) is 17.0 Å². The van der Waals surface area contributed by atoms with E-state index in [1.807, 2.05) is 0 Å². The zero-order valence-corrected chi connectivity index (χ0v) is 8.86. The van der Waals surface area contributed by atoms with Gasteiger partial charge in [0.2, 0.25) is 0 Å². The third-order valence-corrected chi connectivity index (χ3v) is 2.07. The predicted octanol–water partition coefficient (Wildman–Crippen LogP) is 2.13. The number of aryl methyl sites for hydroxylation is 1. The van der Waals surface area contributed by atoms with Gasteiger partial charge < -0.3 is 5.73 Å². The van der Waals surface area contributed by atoms with Crippen molar-refractivity contribution in [3.05, 3.63) is 33.9 Å². The lowest BCUT2D eigenvalue weighted by Gasteiger charge is -1.99. The third-order valence-electron chi connectivity index (χ3n) is 1.80. The van der Waals surface area contributed by atoms with E-state index in [9.17, 15) is 10.1 Å². The fourth-order valence-corrected chi connectivity index (χ4v) is 1.12. The molecule has 0 heterocycles. The number of hydrogen-bond acceptors (Lipinski definition) is 3. The second-order valence-electron chi connectivity index (χ2n) is 2.96. The number of benzene rings is 1. The first-order chi connectivity index (χ1) is 7.04. The molecule has 0 aromatic heterocycles. The van der Waals surface area contributed by atoms with Gasteiger partial charge >= 0.3 is 0 Å². The summed E-state index contributed by atoms with van der Waals surface area (Å²) in [7, 11) is 0. The van der Waals surface area contributed by atoms with Crippen molar-refractivity contribution in [2.75, 3.05) is 5.88 Å². The van der Waals surface area contributed by atoms with Crippen molar-refractivity contribution in [1.29, 1.82) is 0 Å². The maximum absolute atomic E-state index is 10.6. The average molecular weight is 228 g/mol. The average Bonchev–Trinajstić information content (AvgIpc) is 2.20. The van der Waals surface area contributed by atoms with E-state index in [1.165, 1.54) is 6.07 Å². The van der Waals surface area contributed by atoms with Gasteiger partial charge in [-0.25, -0.2) is 4.99 Å². The van der Waals surface area contributed by atoms with Gasteiger partial charge in [0.1, 0.15) is 5.84 Å². The van der Waals surface area contributed by atoms with Gasteiger partial charge in [0.05, 0.1) is 16.5 Å². The molecule has 0 fully saturated rings. The molecule has 0 radical (unpaired) electrons. The monoisotopic (exact) mass is 227 g/mol. The number of nitro groups is 1. The van der Waals surface area contributed by atoms with Crippen LogP contribution in [-0.2, 0) is 0 Å². The first-order valence-corrected chi connectivity index (χ1v) is 4.72. The Morgan fingerprint density at radius 2 is 2.33 bits per heavy atom. The molecule has 0 unspecified atom stereocenters. The summed E-state index contributed by atoms with van der Waals surface area (Å²) >= 11 is 5.45. The van der Waals surface area contributed by atoms with Gasteiger partial charge in [-0.05, 0) is 13.0 Å². The van der Waals surface area contributed by atoms with Crippen molar-refractivity contribution in [1.82, 2.24) is 0 Å². The molecule has 80 valence electrons. The van der Waals surface area contributed by atoms with Gasteiger partial charge in [-0.2, -0.15) is 0 Å². The molecule has 6 heteroatoms. The molecule has 1 aromatic carbocycles. The lowest BCUT2D eigenvalue weighted by Crippen LogP contribution is -2.12. The predicted molar refractivity (Wildman–Crippen MR) is 59.8 cm³/mol. The number of nitro benzene ring substituents is 1. The molecule has 0 aliphatic heterocycles. The highest BCUT2D eigenvalue weighted by atomic mass is 35.5. The molecule has 15 heavy (non-hydrogen) atoms. The minimum atomic E-state index is -0.453. The highest BCUT2D eigenvalue weighted by molar-refractivity contribution is 6.28. The Balaban J connectivity index is 3.13. The highest BCUT2D eigenvalue weighted by Gasteiger charge is 2.10. The van der Waals surface area contributed by atoms with E-state index in [0.717, 1.165) is 0 Å². The number of halogens is 1. The van der Waals surface area contributed by atoms with E-state index < -0.39 is 4.92 Å². The van der Waals surface area contributed by atoms with Crippen molar-refractivity contribution >= 4 is 28.8 Å². The number of hydrogen-bond donors (Lipinski definition) is 1. The molecule has 0 saturated heterocycles. The number of aliphatic imine (C=N–C) groups is 1. The van der Waals surface area contributed by atoms with Gasteiger partial charge in [0.15, 0.2) is 0 Å². The second kappa shape index (κ2) is 4.75. The van der Waals surface area contributed by atoms with Crippen molar-refractivity contribution in [2.45, 2.75) is 6.92 Å². The molecule has 0 amide bonds. The molecule has 0 bridgehead atoms. The Bertz CT molecular complexity index is 418. The van der Waals surface area contributed by atoms with Crippen LogP contribution in [0.25, 0.3) is 0 Å². The van der Waals surface area contributed by atoms with Crippen LogP contribution in [0.4, 0.5) is 11.4 Å². The molecule has 5 nitrogen and oxygen atoms in total. The summed E-state index contributed by atoms with van der Waals surface area (Å²) in [4.78, 5) is 14.1. The van der Waals surface area contributed by atoms with E-state index in [4.69, 9.17) is 17.3 Å². The summed E-state index contributed by atoms with van der Waals surface area (Å²) in [6, 6.07) is 4.65. The van der Waals surface area contributed by atoms with E-state index in [0.29, 0.717) is 11.3 Å². The number of alkyl halides is 1. The minimum Gasteiger partial charge on any atom is -0.386 e.